The number of aryl methyl sites for hydroxylation is 1. The van der Waals surface area contributed by atoms with E-state index in [0.717, 1.165) is 0 Å². The van der Waals surface area contributed by atoms with Gasteiger partial charge in [0.15, 0.2) is 0 Å². The van der Waals surface area contributed by atoms with Crippen LogP contribution in [0.25, 0.3) is 0 Å². The number of benzene rings is 1. The molecule has 5 nitrogen and oxygen atoms in total. The molecule has 0 saturated carbocycles. The average molecular weight is 266 g/mol. The van der Waals surface area contributed by atoms with Gasteiger partial charge in [0.05, 0.1) is 0 Å². The van der Waals surface area contributed by atoms with E-state index in [0.29, 0.717) is 28.8 Å². The number of halogens is 1. The maximum absolute atomic E-state index is 11.9. The molecule has 1 aromatic heterocycles. The van der Waals surface area contributed by atoms with Crippen molar-refractivity contribution >= 4 is 23.4 Å². The number of hydrogen-bond donors (Lipinski definition) is 1. The van der Waals surface area contributed by atoms with Crippen molar-refractivity contribution in [3.63, 3.8) is 0 Å². The van der Waals surface area contributed by atoms with Gasteiger partial charge < -0.3 is 10.5 Å². The number of aromatic nitrogens is 2. The number of rotatable bonds is 3. The molecule has 1 aromatic carbocycles. The molecule has 0 spiro atoms. The first-order valence-corrected chi connectivity index (χ1v) is 5.79. The second-order valence-electron chi connectivity index (χ2n) is 3.61. The standard InChI is InChI=1S/C12H12ClN3O2/c1-2-16-10(7-11(14)15-16)12(17)18-9-5-3-8(13)4-6-9/h3-7H,2H2,1H3,(H2,14,15). The Morgan fingerprint density at radius 3 is 2.72 bits per heavy atom. The largest absolute Gasteiger partial charge is 0.422 e. The van der Waals surface area contributed by atoms with Crippen molar-refractivity contribution < 1.29 is 9.53 Å². The quantitative estimate of drug-likeness (QED) is 0.683. The number of esters is 1. The average Bonchev–Trinajstić information content (AvgIpc) is 2.73. The number of anilines is 1. The molecule has 0 amide bonds. The van der Waals surface area contributed by atoms with Crippen molar-refractivity contribution in [3.8, 4) is 5.75 Å². The Morgan fingerprint density at radius 2 is 2.11 bits per heavy atom. The van der Waals surface area contributed by atoms with E-state index in [9.17, 15) is 4.79 Å². The van der Waals surface area contributed by atoms with Gasteiger partial charge in [-0.3, -0.25) is 4.68 Å². The Morgan fingerprint density at radius 1 is 1.44 bits per heavy atom. The Balaban J connectivity index is 2.19. The van der Waals surface area contributed by atoms with Gasteiger partial charge in [-0.15, -0.1) is 0 Å². The summed E-state index contributed by atoms with van der Waals surface area (Å²) in [5.41, 5.74) is 5.87. The number of nitrogens with two attached hydrogens (primary N) is 1. The molecule has 18 heavy (non-hydrogen) atoms. The predicted molar refractivity (Wildman–Crippen MR) is 68.7 cm³/mol. The Kier molecular flexibility index (Phi) is 3.53. The molecule has 0 fully saturated rings. The summed E-state index contributed by atoms with van der Waals surface area (Å²) in [6, 6.07) is 8.03. The third-order valence-electron chi connectivity index (χ3n) is 2.33. The second-order valence-corrected chi connectivity index (χ2v) is 4.05. The van der Waals surface area contributed by atoms with E-state index < -0.39 is 5.97 Å². The topological polar surface area (TPSA) is 70.1 Å². The van der Waals surface area contributed by atoms with Gasteiger partial charge in [0.25, 0.3) is 0 Å². The molecule has 6 heteroatoms. The van der Waals surface area contributed by atoms with Crippen LogP contribution in [-0.4, -0.2) is 15.7 Å². The summed E-state index contributed by atoms with van der Waals surface area (Å²) in [7, 11) is 0. The van der Waals surface area contributed by atoms with Crippen LogP contribution in [0.15, 0.2) is 30.3 Å². The molecule has 2 aromatic rings. The van der Waals surface area contributed by atoms with E-state index in [-0.39, 0.29) is 0 Å². The van der Waals surface area contributed by atoms with Crippen molar-refractivity contribution in [1.82, 2.24) is 9.78 Å². The number of ether oxygens (including phenoxy) is 1. The molecule has 1 heterocycles. The van der Waals surface area contributed by atoms with Gasteiger partial charge in [-0.25, -0.2) is 4.79 Å². The molecular formula is C12H12ClN3O2. The lowest BCUT2D eigenvalue weighted by Crippen LogP contribution is -2.14. The summed E-state index contributed by atoms with van der Waals surface area (Å²) in [6.45, 7) is 2.41. The van der Waals surface area contributed by atoms with Gasteiger partial charge in [0.2, 0.25) is 0 Å². The van der Waals surface area contributed by atoms with Crippen molar-refractivity contribution in [2.45, 2.75) is 13.5 Å². The van der Waals surface area contributed by atoms with Crippen LogP contribution in [0.2, 0.25) is 5.02 Å². The van der Waals surface area contributed by atoms with Gasteiger partial charge in [0.1, 0.15) is 17.3 Å². The van der Waals surface area contributed by atoms with Crippen LogP contribution in [0.3, 0.4) is 0 Å². The summed E-state index contributed by atoms with van der Waals surface area (Å²) in [4.78, 5) is 11.9. The SMILES string of the molecule is CCn1nc(N)cc1C(=O)Oc1ccc(Cl)cc1. The fourth-order valence-corrected chi connectivity index (χ4v) is 1.63. The Hall–Kier alpha value is -2.01. The second kappa shape index (κ2) is 5.10. The number of hydrogen-bond acceptors (Lipinski definition) is 4. The highest BCUT2D eigenvalue weighted by Crippen LogP contribution is 2.17. The smallest absolute Gasteiger partial charge is 0.362 e. The molecule has 0 radical (unpaired) electrons. The normalized spacial score (nSPS) is 10.3. The van der Waals surface area contributed by atoms with E-state index in [4.69, 9.17) is 22.1 Å². The number of carbonyl (C=O) groups excluding carboxylic acids is 1. The third kappa shape index (κ3) is 2.62. The number of nitrogen functional groups attached to an aromatic ring is 1. The highest BCUT2D eigenvalue weighted by molar-refractivity contribution is 6.30. The molecule has 0 aliphatic carbocycles. The van der Waals surface area contributed by atoms with E-state index >= 15 is 0 Å². The highest BCUT2D eigenvalue weighted by Gasteiger charge is 2.15. The summed E-state index contributed by atoms with van der Waals surface area (Å²) >= 11 is 5.75. The van der Waals surface area contributed by atoms with E-state index in [1.165, 1.54) is 10.7 Å². The molecule has 2 N–H and O–H groups in total. The minimum Gasteiger partial charge on any atom is -0.422 e. The van der Waals surface area contributed by atoms with Gasteiger partial charge in [-0.1, -0.05) is 11.6 Å². The van der Waals surface area contributed by atoms with Gasteiger partial charge in [-0.05, 0) is 31.2 Å². The van der Waals surface area contributed by atoms with Crippen molar-refractivity contribution in [1.29, 1.82) is 0 Å². The van der Waals surface area contributed by atoms with Gasteiger partial charge >= 0.3 is 5.97 Å². The molecule has 2 rings (SSSR count). The predicted octanol–water partition coefficient (Wildman–Crippen LogP) is 2.36. The van der Waals surface area contributed by atoms with Crippen LogP contribution >= 0.6 is 11.6 Å². The zero-order valence-corrected chi connectivity index (χ0v) is 10.5. The molecule has 0 saturated heterocycles. The van der Waals surface area contributed by atoms with Gasteiger partial charge in [0, 0.05) is 17.6 Å². The lowest BCUT2D eigenvalue weighted by Gasteiger charge is -2.05. The number of carbonyl (C=O) groups is 1. The maximum atomic E-state index is 11.9. The fourth-order valence-electron chi connectivity index (χ4n) is 1.50. The van der Waals surface area contributed by atoms with Crippen LogP contribution in [0.5, 0.6) is 5.75 Å². The summed E-state index contributed by atoms with van der Waals surface area (Å²) in [5, 5.41) is 4.56. The first-order chi connectivity index (χ1) is 8.60. The van der Waals surface area contributed by atoms with Crippen LogP contribution in [-0.2, 0) is 6.54 Å². The third-order valence-corrected chi connectivity index (χ3v) is 2.58. The first-order valence-electron chi connectivity index (χ1n) is 5.41. The Bertz CT molecular complexity index is 563. The first kappa shape index (κ1) is 12.4. The minimum atomic E-state index is -0.497. The monoisotopic (exact) mass is 265 g/mol. The van der Waals surface area contributed by atoms with E-state index in [1.807, 2.05) is 6.92 Å². The lowest BCUT2D eigenvalue weighted by atomic mass is 10.3. The van der Waals surface area contributed by atoms with E-state index in [1.54, 1.807) is 24.3 Å². The number of nitrogens with zero attached hydrogens (tertiary/aromatic N) is 2. The molecule has 0 aliphatic rings. The van der Waals surface area contributed by atoms with Gasteiger partial charge in [-0.2, -0.15) is 5.10 Å². The molecular weight excluding hydrogens is 254 g/mol. The Labute approximate surface area is 109 Å². The minimum absolute atomic E-state index is 0.292. The van der Waals surface area contributed by atoms with Crippen molar-refractivity contribution in [2.24, 2.45) is 0 Å². The van der Waals surface area contributed by atoms with Crippen LogP contribution in [0.4, 0.5) is 5.82 Å². The fraction of sp³-hybridized carbons (Fsp3) is 0.167. The summed E-state index contributed by atoms with van der Waals surface area (Å²) in [6.07, 6.45) is 0. The van der Waals surface area contributed by atoms with Crippen LogP contribution in [0.1, 0.15) is 17.4 Å². The van der Waals surface area contributed by atoms with Crippen molar-refractivity contribution in [2.75, 3.05) is 5.73 Å². The molecule has 94 valence electrons. The zero-order valence-electron chi connectivity index (χ0n) is 9.76. The van der Waals surface area contributed by atoms with E-state index in [2.05, 4.69) is 5.10 Å². The molecule has 0 bridgehead atoms. The highest BCUT2D eigenvalue weighted by atomic mass is 35.5. The molecule has 0 aliphatic heterocycles. The van der Waals surface area contributed by atoms with Crippen LogP contribution < -0.4 is 10.5 Å². The lowest BCUT2D eigenvalue weighted by molar-refractivity contribution is 0.0722. The zero-order chi connectivity index (χ0) is 13.1. The van der Waals surface area contributed by atoms with Crippen molar-refractivity contribution in [3.05, 3.63) is 41.0 Å². The van der Waals surface area contributed by atoms with Crippen LogP contribution in [0, 0.1) is 0 Å². The molecule has 0 atom stereocenters. The maximum Gasteiger partial charge on any atom is 0.362 e. The summed E-state index contributed by atoms with van der Waals surface area (Å²) < 4.78 is 6.69. The summed E-state index contributed by atoms with van der Waals surface area (Å²) in [5.74, 6) is 0.218. The molecule has 0 unspecified atom stereocenters.